The van der Waals surface area contributed by atoms with Gasteiger partial charge in [-0.25, -0.2) is 9.78 Å². The molecule has 0 bridgehead atoms. The van der Waals surface area contributed by atoms with E-state index >= 15 is 0 Å². The molecule has 25 heavy (non-hydrogen) atoms. The standard InChI is InChI=1S/C19H13NO4S/c21-10-24-19(23)16-13(9-11-5-1-2-6-12(11)17(16)22)18-20-14-7-3-4-8-15(14)25-18/h1-8,10,13,22H,9H2. The van der Waals surface area contributed by atoms with Gasteiger partial charge in [0.25, 0.3) is 0 Å². The molecule has 0 saturated heterocycles. The highest BCUT2D eigenvalue weighted by molar-refractivity contribution is 7.18. The topological polar surface area (TPSA) is 76.5 Å². The number of aliphatic hydroxyl groups excluding tert-OH is 1. The molecule has 2 aromatic carbocycles. The molecule has 0 aliphatic heterocycles. The lowest BCUT2D eigenvalue weighted by molar-refractivity contribution is -0.148. The number of nitrogens with zero attached hydrogens (tertiary/aromatic N) is 1. The van der Waals surface area contributed by atoms with Crippen LogP contribution in [0.5, 0.6) is 0 Å². The van der Waals surface area contributed by atoms with Crippen LogP contribution in [-0.2, 0) is 20.7 Å². The first kappa shape index (κ1) is 15.5. The van der Waals surface area contributed by atoms with Crippen LogP contribution >= 0.6 is 11.3 Å². The van der Waals surface area contributed by atoms with Crippen molar-refractivity contribution in [2.45, 2.75) is 12.3 Å². The quantitative estimate of drug-likeness (QED) is 0.443. The monoisotopic (exact) mass is 351 g/mol. The SMILES string of the molecule is O=COC(=O)C1=C(O)c2ccccc2CC1c1nc2ccccc2s1. The number of rotatable bonds is 3. The third-order valence-corrected chi connectivity index (χ3v) is 5.43. The number of fused-ring (bicyclic) bond motifs is 2. The molecule has 5 nitrogen and oxygen atoms in total. The minimum absolute atomic E-state index is 0.0739. The smallest absolute Gasteiger partial charge is 0.346 e. The number of benzene rings is 2. The second-order valence-electron chi connectivity index (χ2n) is 5.70. The van der Waals surface area contributed by atoms with Crippen molar-refractivity contribution >= 4 is 39.8 Å². The molecule has 1 aromatic heterocycles. The van der Waals surface area contributed by atoms with E-state index in [9.17, 15) is 14.7 Å². The normalized spacial score (nSPS) is 16.6. The highest BCUT2D eigenvalue weighted by Gasteiger charge is 2.35. The average molecular weight is 351 g/mol. The zero-order valence-electron chi connectivity index (χ0n) is 13.0. The molecule has 0 amide bonds. The molecule has 1 atom stereocenters. The molecule has 1 unspecified atom stereocenters. The van der Waals surface area contributed by atoms with E-state index in [4.69, 9.17) is 0 Å². The summed E-state index contributed by atoms with van der Waals surface area (Å²) in [6.07, 6.45) is 0.503. The number of carbonyl (C=O) groups excluding carboxylic acids is 2. The number of aromatic nitrogens is 1. The fraction of sp³-hybridized carbons (Fsp3) is 0.105. The molecule has 1 aliphatic carbocycles. The highest BCUT2D eigenvalue weighted by atomic mass is 32.1. The Hall–Kier alpha value is -2.99. The minimum Gasteiger partial charge on any atom is -0.507 e. The van der Waals surface area contributed by atoms with E-state index in [1.165, 1.54) is 11.3 Å². The lowest BCUT2D eigenvalue weighted by atomic mass is 9.82. The Morgan fingerprint density at radius 1 is 1.20 bits per heavy atom. The Bertz CT molecular complexity index is 988. The van der Waals surface area contributed by atoms with Gasteiger partial charge < -0.3 is 9.84 Å². The van der Waals surface area contributed by atoms with Gasteiger partial charge in [0.1, 0.15) is 10.8 Å². The van der Waals surface area contributed by atoms with E-state index < -0.39 is 11.9 Å². The first-order valence-corrected chi connectivity index (χ1v) is 8.52. The van der Waals surface area contributed by atoms with Crippen molar-refractivity contribution in [3.63, 3.8) is 0 Å². The Kier molecular flexibility index (Phi) is 3.82. The van der Waals surface area contributed by atoms with E-state index in [2.05, 4.69) is 9.72 Å². The fourth-order valence-corrected chi connectivity index (χ4v) is 4.24. The molecule has 0 spiro atoms. The van der Waals surface area contributed by atoms with Crippen molar-refractivity contribution in [1.29, 1.82) is 0 Å². The van der Waals surface area contributed by atoms with Crippen LogP contribution in [0, 0.1) is 0 Å². The largest absolute Gasteiger partial charge is 0.507 e. The number of thiazole rings is 1. The molecule has 1 heterocycles. The second kappa shape index (κ2) is 6.14. The number of esters is 1. The Morgan fingerprint density at radius 3 is 2.76 bits per heavy atom. The van der Waals surface area contributed by atoms with Gasteiger partial charge >= 0.3 is 12.4 Å². The van der Waals surface area contributed by atoms with E-state index in [1.807, 2.05) is 36.4 Å². The molecule has 0 fully saturated rings. The van der Waals surface area contributed by atoms with Crippen molar-refractivity contribution in [3.8, 4) is 0 Å². The summed E-state index contributed by atoms with van der Waals surface area (Å²) in [7, 11) is 0. The molecule has 1 aliphatic rings. The fourth-order valence-electron chi connectivity index (χ4n) is 3.16. The number of aliphatic hydroxyl groups is 1. The number of hydrogen-bond acceptors (Lipinski definition) is 6. The number of hydrogen-bond donors (Lipinski definition) is 1. The Labute approximate surface area is 147 Å². The second-order valence-corrected chi connectivity index (χ2v) is 6.76. The summed E-state index contributed by atoms with van der Waals surface area (Å²) in [4.78, 5) is 27.6. The maximum atomic E-state index is 12.3. The average Bonchev–Trinajstić information content (AvgIpc) is 3.06. The lowest BCUT2D eigenvalue weighted by Gasteiger charge is -2.24. The van der Waals surface area contributed by atoms with Gasteiger partial charge in [0.15, 0.2) is 0 Å². The summed E-state index contributed by atoms with van der Waals surface area (Å²) in [6.45, 7) is 0.0819. The maximum Gasteiger partial charge on any atom is 0.346 e. The predicted molar refractivity (Wildman–Crippen MR) is 94.2 cm³/mol. The van der Waals surface area contributed by atoms with Gasteiger partial charge in [-0.3, -0.25) is 4.79 Å². The van der Waals surface area contributed by atoms with Crippen LogP contribution < -0.4 is 0 Å². The Balaban J connectivity index is 1.89. The van der Waals surface area contributed by atoms with Gasteiger partial charge in [0, 0.05) is 5.56 Å². The van der Waals surface area contributed by atoms with Gasteiger partial charge in [-0.05, 0) is 24.1 Å². The maximum absolute atomic E-state index is 12.3. The summed E-state index contributed by atoms with van der Waals surface area (Å²) in [5.74, 6) is -1.45. The zero-order chi connectivity index (χ0) is 17.4. The van der Waals surface area contributed by atoms with Crippen molar-refractivity contribution in [2.24, 2.45) is 0 Å². The summed E-state index contributed by atoms with van der Waals surface area (Å²) in [5, 5.41) is 11.4. The van der Waals surface area contributed by atoms with Gasteiger partial charge in [-0.2, -0.15) is 0 Å². The molecule has 6 heteroatoms. The zero-order valence-corrected chi connectivity index (χ0v) is 13.8. The number of para-hydroxylation sites is 1. The van der Waals surface area contributed by atoms with Crippen molar-refractivity contribution in [3.05, 3.63) is 70.2 Å². The third-order valence-electron chi connectivity index (χ3n) is 4.28. The predicted octanol–water partition coefficient (Wildman–Crippen LogP) is 3.60. The summed E-state index contributed by atoms with van der Waals surface area (Å²) >= 11 is 1.47. The van der Waals surface area contributed by atoms with Crippen LogP contribution in [0.2, 0.25) is 0 Å². The van der Waals surface area contributed by atoms with Crippen molar-refractivity contribution in [2.75, 3.05) is 0 Å². The van der Waals surface area contributed by atoms with E-state index in [0.29, 0.717) is 17.0 Å². The summed E-state index contributed by atoms with van der Waals surface area (Å²) < 4.78 is 5.53. The molecule has 4 rings (SSSR count). The van der Waals surface area contributed by atoms with Crippen LogP contribution in [0.4, 0.5) is 0 Å². The van der Waals surface area contributed by atoms with Crippen LogP contribution in [0.25, 0.3) is 16.0 Å². The molecule has 0 saturated carbocycles. The van der Waals surface area contributed by atoms with Gasteiger partial charge in [0.2, 0.25) is 0 Å². The van der Waals surface area contributed by atoms with Crippen LogP contribution in [0.1, 0.15) is 22.1 Å². The molecular formula is C19H13NO4S. The van der Waals surface area contributed by atoms with Crippen LogP contribution in [0.15, 0.2) is 54.1 Å². The summed E-state index contributed by atoms with van der Waals surface area (Å²) in [6, 6.07) is 15.0. The third kappa shape index (κ3) is 2.60. The minimum atomic E-state index is -0.841. The molecule has 0 radical (unpaired) electrons. The number of ether oxygens (including phenoxy) is 1. The van der Waals surface area contributed by atoms with Crippen LogP contribution in [0.3, 0.4) is 0 Å². The number of carbonyl (C=O) groups is 2. The molecule has 1 N–H and O–H groups in total. The van der Waals surface area contributed by atoms with Gasteiger partial charge in [-0.1, -0.05) is 36.4 Å². The molecular weight excluding hydrogens is 338 g/mol. The molecule has 3 aromatic rings. The van der Waals surface area contributed by atoms with Crippen molar-refractivity contribution < 1.29 is 19.4 Å². The lowest BCUT2D eigenvalue weighted by Crippen LogP contribution is -2.22. The first-order chi connectivity index (χ1) is 12.2. The van der Waals surface area contributed by atoms with E-state index in [-0.39, 0.29) is 17.8 Å². The van der Waals surface area contributed by atoms with Crippen LogP contribution in [-0.4, -0.2) is 22.5 Å². The van der Waals surface area contributed by atoms with Gasteiger partial charge in [0.05, 0.1) is 21.7 Å². The van der Waals surface area contributed by atoms with E-state index in [1.54, 1.807) is 12.1 Å². The van der Waals surface area contributed by atoms with Crippen molar-refractivity contribution in [1.82, 2.24) is 4.98 Å². The highest BCUT2D eigenvalue weighted by Crippen LogP contribution is 2.42. The Morgan fingerprint density at radius 2 is 1.96 bits per heavy atom. The molecule has 124 valence electrons. The van der Waals surface area contributed by atoms with Gasteiger partial charge in [-0.15, -0.1) is 11.3 Å². The van der Waals surface area contributed by atoms with E-state index in [0.717, 1.165) is 15.8 Å². The first-order valence-electron chi connectivity index (χ1n) is 7.70. The summed E-state index contributed by atoms with van der Waals surface area (Å²) in [5.41, 5.74) is 2.42.